The largest absolute Gasteiger partial charge is 0.396 e. The molecule has 0 aliphatic heterocycles. The Bertz CT molecular complexity index is 294. The summed E-state index contributed by atoms with van der Waals surface area (Å²) in [4.78, 5) is 4.25. The van der Waals surface area contributed by atoms with E-state index in [2.05, 4.69) is 23.3 Å². The lowest BCUT2D eigenvalue weighted by Gasteiger charge is -2.11. The van der Waals surface area contributed by atoms with Crippen molar-refractivity contribution < 1.29 is 5.11 Å². The van der Waals surface area contributed by atoms with Gasteiger partial charge in [0.05, 0.1) is 0 Å². The summed E-state index contributed by atoms with van der Waals surface area (Å²) >= 11 is 1.84. The number of rotatable bonds is 6. The van der Waals surface area contributed by atoms with Crippen molar-refractivity contribution in [2.75, 3.05) is 19.0 Å². The average Bonchev–Trinajstić information content (AvgIpc) is 2.27. The van der Waals surface area contributed by atoms with Gasteiger partial charge in [-0.15, -0.1) is 0 Å². The molecule has 0 aliphatic carbocycles. The highest BCUT2D eigenvalue weighted by Gasteiger charge is 2.05. The Labute approximate surface area is 95.3 Å². The number of hydrogen-bond acceptors (Lipinski definition) is 4. The number of aliphatic hydroxyl groups excluding tert-OH is 1. The first-order chi connectivity index (χ1) is 7.27. The van der Waals surface area contributed by atoms with Crippen LogP contribution >= 0.6 is 11.8 Å². The van der Waals surface area contributed by atoms with E-state index in [4.69, 9.17) is 5.11 Å². The van der Waals surface area contributed by atoms with Crippen LogP contribution < -0.4 is 5.32 Å². The molecule has 1 aromatic heterocycles. The van der Waals surface area contributed by atoms with Crippen molar-refractivity contribution in [2.24, 2.45) is 0 Å². The van der Waals surface area contributed by atoms with Gasteiger partial charge in [0.15, 0.2) is 0 Å². The first-order valence-electron chi connectivity index (χ1n) is 5.12. The lowest BCUT2D eigenvalue weighted by Crippen LogP contribution is -2.02. The Hall–Kier alpha value is -0.740. The summed E-state index contributed by atoms with van der Waals surface area (Å²) in [6.45, 7) is 2.40. The molecule has 1 rings (SSSR count). The zero-order valence-electron chi connectivity index (χ0n) is 9.23. The lowest BCUT2D eigenvalue weighted by atomic mass is 10.3. The van der Waals surface area contributed by atoms with Crippen molar-refractivity contribution >= 4 is 17.6 Å². The van der Waals surface area contributed by atoms with Gasteiger partial charge in [0.25, 0.3) is 0 Å². The second kappa shape index (κ2) is 6.69. The standard InChI is InChI=1S/C11H18N2OS/c1-9(5-7-14)15-8-10-4-3-6-13-11(10)12-2/h3-4,6,9,14H,5,7-8H2,1-2H3,(H,12,13). The fraction of sp³-hybridized carbons (Fsp3) is 0.545. The second-order valence-corrected chi connectivity index (χ2v) is 4.82. The normalized spacial score (nSPS) is 12.5. The van der Waals surface area contributed by atoms with Crippen LogP contribution in [-0.4, -0.2) is 29.0 Å². The predicted molar refractivity (Wildman–Crippen MR) is 66.2 cm³/mol. The third-order valence-electron chi connectivity index (χ3n) is 2.19. The lowest BCUT2D eigenvalue weighted by molar-refractivity contribution is 0.289. The molecule has 0 saturated carbocycles. The van der Waals surface area contributed by atoms with Crippen LogP contribution in [0, 0.1) is 0 Å². The molecule has 1 heterocycles. The van der Waals surface area contributed by atoms with E-state index in [0.29, 0.717) is 5.25 Å². The SMILES string of the molecule is CNc1ncccc1CSC(C)CCO. The summed E-state index contributed by atoms with van der Waals surface area (Å²) in [5, 5.41) is 12.4. The van der Waals surface area contributed by atoms with Gasteiger partial charge >= 0.3 is 0 Å². The van der Waals surface area contributed by atoms with Crippen molar-refractivity contribution in [3.63, 3.8) is 0 Å². The molecule has 15 heavy (non-hydrogen) atoms. The monoisotopic (exact) mass is 226 g/mol. The summed E-state index contributed by atoms with van der Waals surface area (Å²) < 4.78 is 0. The van der Waals surface area contributed by atoms with E-state index in [-0.39, 0.29) is 6.61 Å². The first-order valence-corrected chi connectivity index (χ1v) is 6.17. The number of nitrogens with zero attached hydrogens (tertiary/aromatic N) is 1. The second-order valence-electron chi connectivity index (χ2n) is 3.40. The Balaban J connectivity index is 2.49. The average molecular weight is 226 g/mol. The molecular weight excluding hydrogens is 208 g/mol. The number of aromatic nitrogens is 1. The molecule has 0 saturated heterocycles. The van der Waals surface area contributed by atoms with Crippen LogP contribution in [0.25, 0.3) is 0 Å². The summed E-state index contributed by atoms with van der Waals surface area (Å²) in [5.74, 6) is 1.88. The van der Waals surface area contributed by atoms with E-state index in [1.807, 2.05) is 24.9 Å². The molecule has 0 fully saturated rings. The third kappa shape index (κ3) is 4.10. The maximum Gasteiger partial charge on any atom is 0.129 e. The molecule has 0 radical (unpaired) electrons. The Kier molecular flexibility index (Phi) is 5.50. The maximum absolute atomic E-state index is 8.80. The van der Waals surface area contributed by atoms with E-state index in [1.54, 1.807) is 6.20 Å². The van der Waals surface area contributed by atoms with Crippen LogP contribution in [-0.2, 0) is 5.75 Å². The smallest absolute Gasteiger partial charge is 0.129 e. The molecule has 4 heteroatoms. The van der Waals surface area contributed by atoms with Gasteiger partial charge in [-0.2, -0.15) is 11.8 Å². The maximum atomic E-state index is 8.80. The summed E-state index contributed by atoms with van der Waals surface area (Å²) in [6.07, 6.45) is 2.64. The number of aliphatic hydroxyl groups is 1. The highest BCUT2D eigenvalue weighted by Crippen LogP contribution is 2.23. The van der Waals surface area contributed by atoms with Crippen molar-refractivity contribution in [1.29, 1.82) is 0 Å². The molecule has 0 spiro atoms. The minimum absolute atomic E-state index is 0.264. The number of anilines is 1. The van der Waals surface area contributed by atoms with E-state index < -0.39 is 0 Å². The quantitative estimate of drug-likeness (QED) is 0.780. The fourth-order valence-electron chi connectivity index (χ4n) is 1.28. The van der Waals surface area contributed by atoms with Crippen LogP contribution in [0.3, 0.4) is 0 Å². The van der Waals surface area contributed by atoms with E-state index in [9.17, 15) is 0 Å². The highest BCUT2D eigenvalue weighted by molar-refractivity contribution is 7.99. The van der Waals surface area contributed by atoms with Crippen LogP contribution in [0.2, 0.25) is 0 Å². The van der Waals surface area contributed by atoms with Crippen LogP contribution in [0.15, 0.2) is 18.3 Å². The van der Waals surface area contributed by atoms with Gasteiger partial charge in [0, 0.05) is 36.4 Å². The first kappa shape index (κ1) is 12.3. The van der Waals surface area contributed by atoms with Gasteiger partial charge in [-0.1, -0.05) is 13.0 Å². The molecule has 3 nitrogen and oxygen atoms in total. The van der Waals surface area contributed by atoms with Gasteiger partial charge in [-0.05, 0) is 12.5 Å². The molecule has 2 N–H and O–H groups in total. The van der Waals surface area contributed by atoms with Gasteiger partial charge in [0.2, 0.25) is 0 Å². The minimum Gasteiger partial charge on any atom is -0.396 e. The number of hydrogen-bond donors (Lipinski definition) is 2. The molecule has 84 valence electrons. The van der Waals surface area contributed by atoms with Crippen LogP contribution in [0.1, 0.15) is 18.9 Å². The number of pyridine rings is 1. The Morgan fingerprint density at radius 3 is 3.07 bits per heavy atom. The van der Waals surface area contributed by atoms with E-state index >= 15 is 0 Å². The molecule has 1 unspecified atom stereocenters. The number of nitrogens with one attached hydrogen (secondary N) is 1. The van der Waals surface area contributed by atoms with Crippen molar-refractivity contribution in [3.05, 3.63) is 23.9 Å². The number of thioether (sulfide) groups is 1. The molecule has 0 aromatic carbocycles. The van der Waals surface area contributed by atoms with Crippen molar-refractivity contribution in [2.45, 2.75) is 24.3 Å². The summed E-state index contributed by atoms with van der Waals surface area (Å²) in [6, 6.07) is 4.03. The molecule has 1 atom stereocenters. The molecule has 0 bridgehead atoms. The van der Waals surface area contributed by atoms with Crippen molar-refractivity contribution in [3.8, 4) is 0 Å². The van der Waals surface area contributed by atoms with Gasteiger partial charge in [0.1, 0.15) is 5.82 Å². The van der Waals surface area contributed by atoms with E-state index in [1.165, 1.54) is 5.56 Å². The zero-order chi connectivity index (χ0) is 11.1. The molecule has 1 aromatic rings. The Morgan fingerprint density at radius 2 is 2.40 bits per heavy atom. The predicted octanol–water partition coefficient (Wildman–Crippen LogP) is 2.13. The molecule has 0 aliphatic rings. The van der Waals surface area contributed by atoms with Gasteiger partial charge in [-0.25, -0.2) is 4.98 Å². The van der Waals surface area contributed by atoms with Crippen LogP contribution in [0.4, 0.5) is 5.82 Å². The van der Waals surface area contributed by atoms with Crippen LogP contribution in [0.5, 0.6) is 0 Å². The highest BCUT2D eigenvalue weighted by atomic mass is 32.2. The topological polar surface area (TPSA) is 45.2 Å². The Morgan fingerprint density at radius 1 is 1.60 bits per heavy atom. The molecular formula is C11H18N2OS. The van der Waals surface area contributed by atoms with Crippen molar-refractivity contribution in [1.82, 2.24) is 4.98 Å². The zero-order valence-corrected chi connectivity index (χ0v) is 10.0. The van der Waals surface area contributed by atoms with Gasteiger partial charge < -0.3 is 10.4 Å². The fourth-order valence-corrected chi connectivity index (χ4v) is 2.25. The molecule has 0 amide bonds. The van der Waals surface area contributed by atoms with E-state index in [0.717, 1.165) is 18.0 Å². The summed E-state index contributed by atoms with van der Waals surface area (Å²) in [7, 11) is 1.88. The summed E-state index contributed by atoms with van der Waals surface area (Å²) in [5.41, 5.74) is 1.22. The third-order valence-corrected chi connectivity index (χ3v) is 3.47. The minimum atomic E-state index is 0.264. The van der Waals surface area contributed by atoms with Gasteiger partial charge in [-0.3, -0.25) is 0 Å².